The monoisotopic (exact) mass is 432 g/mol. The topological polar surface area (TPSA) is 40.5 Å². The van der Waals surface area contributed by atoms with E-state index in [0.29, 0.717) is 28.6 Å². The van der Waals surface area contributed by atoms with Crippen molar-refractivity contribution in [2.24, 2.45) is 52.3 Å². The van der Waals surface area contributed by atoms with Crippen molar-refractivity contribution in [2.75, 3.05) is 0 Å². The van der Waals surface area contributed by atoms with Gasteiger partial charge in [0.2, 0.25) is 0 Å². The number of aliphatic hydroxyl groups excluding tert-OH is 1. The molecule has 2 N–H and O–H groups in total. The Morgan fingerprint density at radius 3 is 2.19 bits per heavy atom. The van der Waals surface area contributed by atoms with Gasteiger partial charge >= 0.3 is 0 Å². The second-order valence-corrected chi connectivity index (χ2v) is 13.7. The van der Waals surface area contributed by atoms with Crippen molar-refractivity contribution in [3.05, 3.63) is 0 Å². The molecule has 0 amide bonds. The quantitative estimate of drug-likeness (QED) is 0.465. The summed E-state index contributed by atoms with van der Waals surface area (Å²) in [5.74, 6) is 5.30. The Labute approximate surface area is 193 Å². The minimum atomic E-state index is -0.402. The second-order valence-electron chi connectivity index (χ2n) is 13.7. The van der Waals surface area contributed by atoms with Crippen LogP contribution < -0.4 is 0 Å². The highest BCUT2D eigenvalue weighted by Gasteiger charge is 2.60. The minimum Gasteiger partial charge on any atom is -0.393 e. The first-order valence-electron chi connectivity index (χ1n) is 13.9. The zero-order valence-electron chi connectivity index (χ0n) is 21.5. The van der Waals surface area contributed by atoms with E-state index in [0.717, 1.165) is 55.8 Å². The molecule has 0 saturated heterocycles. The number of hydrogen-bond acceptors (Lipinski definition) is 2. The fraction of sp³-hybridized carbons (Fsp3) is 1.00. The Bertz CT molecular complexity index is 630. The highest BCUT2D eigenvalue weighted by molar-refractivity contribution is 5.10. The van der Waals surface area contributed by atoms with Gasteiger partial charge in [-0.05, 0) is 129 Å². The minimum absolute atomic E-state index is 0.125. The summed E-state index contributed by atoms with van der Waals surface area (Å²) in [6.07, 6.45) is 14.4. The number of rotatable bonds is 6. The molecule has 0 heterocycles. The highest BCUT2D eigenvalue weighted by Crippen LogP contribution is 2.68. The van der Waals surface area contributed by atoms with Gasteiger partial charge in [0, 0.05) is 0 Å². The van der Waals surface area contributed by atoms with Crippen LogP contribution in [0.15, 0.2) is 0 Å². The van der Waals surface area contributed by atoms with Gasteiger partial charge < -0.3 is 10.2 Å². The molecule has 0 aliphatic heterocycles. The van der Waals surface area contributed by atoms with Crippen LogP contribution in [0.3, 0.4) is 0 Å². The Morgan fingerprint density at radius 2 is 1.52 bits per heavy atom. The third-order valence-corrected chi connectivity index (χ3v) is 11.6. The lowest BCUT2D eigenvalue weighted by Crippen LogP contribution is -2.55. The van der Waals surface area contributed by atoms with Gasteiger partial charge in [-0.25, -0.2) is 0 Å². The molecule has 10 atom stereocenters. The van der Waals surface area contributed by atoms with E-state index in [1.165, 1.54) is 44.9 Å². The first kappa shape index (κ1) is 24.1. The fourth-order valence-electron chi connectivity index (χ4n) is 9.72. The molecule has 4 saturated carbocycles. The zero-order valence-corrected chi connectivity index (χ0v) is 21.5. The summed E-state index contributed by atoms with van der Waals surface area (Å²) in [6.45, 7) is 14.2. The van der Waals surface area contributed by atoms with E-state index in [4.69, 9.17) is 0 Å². The summed E-state index contributed by atoms with van der Waals surface area (Å²) in [4.78, 5) is 0. The molecular formula is C29H52O2. The van der Waals surface area contributed by atoms with Crippen LogP contribution in [0.2, 0.25) is 0 Å². The van der Waals surface area contributed by atoms with Crippen molar-refractivity contribution < 1.29 is 10.2 Å². The molecule has 4 rings (SSSR count). The predicted molar refractivity (Wildman–Crippen MR) is 130 cm³/mol. The molecule has 31 heavy (non-hydrogen) atoms. The average molecular weight is 433 g/mol. The van der Waals surface area contributed by atoms with Gasteiger partial charge in [0.15, 0.2) is 0 Å². The molecule has 0 aromatic carbocycles. The standard InChI is InChI=1S/C29H52O2/c1-7-29(31)17-14-24-21-13-16-28(6)23(20(4)26(30)11-8-19(2)3)9-10-25(28)22(21)12-15-27(24,5)18-29/h19-26,30-31H,7-18H2,1-6H3/t20-,21-,22+,23+,24+,25-,26+,27-,28+,29-/m0/s1. The van der Waals surface area contributed by atoms with E-state index in [1.54, 1.807) is 0 Å². The molecule has 0 unspecified atom stereocenters. The van der Waals surface area contributed by atoms with Crippen molar-refractivity contribution in [3.8, 4) is 0 Å². The lowest BCUT2D eigenvalue weighted by atomic mass is 9.44. The van der Waals surface area contributed by atoms with Gasteiger partial charge in [0.25, 0.3) is 0 Å². The van der Waals surface area contributed by atoms with Crippen molar-refractivity contribution in [1.82, 2.24) is 0 Å². The molecule has 4 aliphatic carbocycles. The maximum Gasteiger partial charge on any atom is 0.0650 e. The maximum atomic E-state index is 11.1. The first-order valence-corrected chi connectivity index (χ1v) is 13.9. The van der Waals surface area contributed by atoms with E-state index in [1.807, 2.05) is 0 Å². The lowest BCUT2D eigenvalue weighted by molar-refractivity contribution is -0.147. The largest absolute Gasteiger partial charge is 0.393 e. The fourth-order valence-corrected chi connectivity index (χ4v) is 9.72. The van der Waals surface area contributed by atoms with E-state index in [9.17, 15) is 10.2 Å². The van der Waals surface area contributed by atoms with Crippen LogP contribution in [-0.2, 0) is 0 Å². The van der Waals surface area contributed by atoms with Gasteiger partial charge in [0.05, 0.1) is 11.7 Å². The van der Waals surface area contributed by atoms with Gasteiger partial charge in [-0.2, -0.15) is 0 Å². The molecule has 2 nitrogen and oxygen atoms in total. The van der Waals surface area contributed by atoms with E-state index in [-0.39, 0.29) is 6.10 Å². The van der Waals surface area contributed by atoms with Crippen LogP contribution in [0.1, 0.15) is 119 Å². The molecule has 4 fully saturated rings. The molecule has 0 aromatic heterocycles. The van der Waals surface area contributed by atoms with Crippen LogP contribution in [0.25, 0.3) is 0 Å². The third kappa shape index (κ3) is 4.16. The van der Waals surface area contributed by atoms with Gasteiger partial charge in [-0.15, -0.1) is 0 Å². The van der Waals surface area contributed by atoms with Crippen LogP contribution in [0.4, 0.5) is 0 Å². The van der Waals surface area contributed by atoms with Crippen molar-refractivity contribution >= 4 is 0 Å². The zero-order chi connectivity index (χ0) is 22.6. The third-order valence-electron chi connectivity index (χ3n) is 11.6. The smallest absolute Gasteiger partial charge is 0.0650 e. The first-order chi connectivity index (χ1) is 14.5. The summed E-state index contributed by atoms with van der Waals surface area (Å²) < 4.78 is 0. The summed E-state index contributed by atoms with van der Waals surface area (Å²) in [6, 6.07) is 0. The molecule has 2 heteroatoms. The van der Waals surface area contributed by atoms with E-state index >= 15 is 0 Å². The van der Waals surface area contributed by atoms with Crippen molar-refractivity contribution in [2.45, 2.75) is 130 Å². The summed E-state index contributed by atoms with van der Waals surface area (Å²) in [5, 5.41) is 22.1. The summed E-state index contributed by atoms with van der Waals surface area (Å²) in [5.41, 5.74) is 0.392. The van der Waals surface area contributed by atoms with Crippen molar-refractivity contribution in [3.63, 3.8) is 0 Å². The molecule has 0 aromatic rings. The Morgan fingerprint density at radius 1 is 0.839 bits per heavy atom. The van der Waals surface area contributed by atoms with Gasteiger partial charge in [-0.3, -0.25) is 0 Å². The highest BCUT2D eigenvalue weighted by atomic mass is 16.3. The van der Waals surface area contributed by atoms with Gasteiger partial charge in [-0.1, -0.05) is 41.5 Å². The van der Waals surface area contributed by atoms with Crippen LogP contribution >= 0.6 is 0 Å². The SMILES string of the molecule is CC[C@]1(O)CC[C@@H]2[C@H]3CC[C@]4(C)[C@@H]([C@H](C)[C@H](O)CCC(C)C)CC[C@H]4[C@@H]3CC[C@@]2(C)C1. The van der Waals surface area contributed by atoms with Crippen molar-refractivity contribution in [1.29, 1.82) is 0 Å². The second kappa shape index (κ2) is 8.61. The van der Waals surface area contributed by atoms with E-state index < -0.39 is 5.60 Å². The normalized spacial score (nSPS) is 49.3. The predicted octanol–water partition coefficient (Wildman–Crippen LogP) is 7.22. The summed E-state index contributed by atoms with van der Waals surface area (Å²) in [7, 11) is 0. The van der Waals surface area contributed by atoms with Gasteiger partial charge in [0.1, 0.15) is 0 Å². The molecular weight excluding hydrogens is 380 g/mol. The lowest BCUT2D eigenvalue weighted by Gasteiger charge is -2.61. The van der Waals surface area contributed by atoms with Crippen LogP contribution in [0.5, 0.6) is 0 Å². The molecule has 180 valence electrons. The summed E-state index contributed by atoms with van der Waals surface area (Å²) >= 11 is 0. The number of fused-ring (bicyclic) bond motifs is 5. The van der Waals surface area contributed by atoms with Crippen LogP contribution in [-0.4, -0.2) is 21.9 Å². The van der Waals surface area contributed by atoms with E-state index in [2.05, 4.69) is 41.5 Å². The Kier molecular flexibility index (Phi) is 6.68. The Balaban J connectivity index is 1.47. The molecule has 0 radical (unpaired) electrons. The average Bonchev–Trinajstić information content (AvgIpc) is 3.07. The number of hydrogen-bond donors (Lipinski definition) is 2. The van der Waals surface area contributed by atoms with Crippen LogP contribution in [0, 0.1) is 52.3 Å². The molecule has 0 bridgehead atoms. The maximum absolute atomic E-state index is 11.1. The molecule has 4 aliphatic rings. The number of aliphatic hydroxyl groups is 2. The Hall–Kier alpha value is -0.0800. The molecule has 0 spiro atoms.